The van der Waals surface area contributed by atoms with Crippen LogP contribution in [0.1, 0.15) is 13.3 Å². The lowest BCUT2D eigenvalue weighted by Gasteiger charge is -2.28. The third-order valence-electron chi connectivity index (χ3n) is 5.32. The second kappa shape index (κ2) is 9.64. The molecule has 0 bridgehead atoms. The predicted molar refractivity (Wildman–Crippen MR) is 128 cm³/mol. The summed E-state index contributed by atoms with van der Waals surface area (Å²) in [6.45, 7) is 2.62. The number of anilines is 1. The molecule has 32 heavy (non-hydrogen) atoms. The number of halogens is 1. The first-order valence-corrected chi connectivity index (χ1v) is 13.5. The zero-order chi connectivity index (χ0) is 22.7. The number of rotatable bonds is 7. The van der Waals surface area contributed by atoms with Gasteiger partial charge in [0, 0.05) is 22.8 Å². The number of para-hydroxylation sites is 1. The zero-order valence-electron chi connectivity index (χ0n) is 17.5. The van der Waals surface area contributed by atoms with Crippen LogP contribution in [0.2, 0.25) is 5.02 Å². The summed E-state index contributed by atoms with van der Waals surface area (Å²) in [5.41, 5.74) is 1.56. The van der Waals surface area contributed by atoms with Gasteiger partial charge in [0.25, 0.3) is 0 Å². The van der Waals surface area contributed by atoms with E-state index in [4.69, 9.17) is 11.6 Å². The minimum Gasteiger partial charge on any atom is -0.308 e. The molecule has 3 aromatic rings. The molecular weight excluding hydrogens is 468 g/mol. The normalized spacial score (nSPS) is 17.4. The molecule has 0 aliphatic carbocycles. The van der Waals surface area contributed by atoms with E-state index in [1.165, 1.54) is 11.8 Å². The molecular formula is C22H23ClN4O3S2. The van der Waals surface area contributed by atoms with E-state index in [1.807, 2.05) is 60.0 Å². The van der Waals surface area contributed by atoms with Gasteiger partial charge in [-0.1, -0.05) is 53.7 Å². The van der Waals surface area contributed by atoms with Gasteiger partial charge in [0.1, 0.15) is 0 Å². The second-order valence-electron chi connectivity index (χ2n) is 7.51. The van der Waals surface area contributed by atoms with E-state index in [1.54, 1.807) is 11.0 Å². The summed E-state index contributed by atoms with van der Waals surface area (Å²) in [5, 5.41) is 9.83. The van der Waals surface area contributed by atoms with Gasteiger partial charge in [-0.15, -0.1) is 10.2 Å². The van der Waals surface area contributed by atoms with Gasteiger partial charge in [-0.3, -0.25) is 4.79 Å². The maximum Gasteiger partial charge on any atom is 0.237 e. The quantitative estimate of drug-likeness (QED) is 0.466. The third kappa shape index (κ3) is 5.00. The Labute approximate surface area is 196 Å². The molecule has 1 amide bonds. The van der Waals surface area contributed by atoms with Crippen LogP contribution in [-0.4, -0.2) is 52.4 Å². The molecule has 0 radical (unpaired) electrons. The summed E-state index contributed by atoms with van der Waals surface area (Å²) in [4.78, 5) is 14.9. The lowest BCUT2D eigenvalue weighted by Crippen LogP contribution is -2.42. The molecule has 2 heterocycles. The summed E-state index contributed by atoms with van der Waals surface area (Å²) in [6, 6.07) is 16.3. The first kappa shape index (κ1) is 22.8. The van der Waals surface area contributed by atoms with Crippen molar-refractivity contribution in [2.24, 2.45) is 0 Å². The predicted octanol–water partition coefficient (Wildman–Crippen LogP) is 3.93. The van der Waals surface area contributed by atoms with Gasteiger partial charge in [-0.2, -0.15) is 0 Å². The fourth-order valence-corrected chi connectivity index (χ4v) is 6.60. The number of amides is 1. The lowest BCUT2D eigenvalue weighted by molar-refractivity contribution is -0.116. The van der Waals surface area contributed by atoms with Gasteiger partial charge in [-0.05, 0) is 37.6 Å². The first-order valence-electron chi connectivity index (χ1n) is 10.3. The van der Waals surface area contributed by atoms with Crippen molar-refractivity contribution in [2.45, 2.75) is 31.1 Å². The number of carbonyl (C=O) groups is 1. The van der Waals surface area contributed by atoms with Crippen LogP contribution in [0.15, 0.2) is 59.8 Å². The third-order valence-corrected chi connectivity index (χ3v) is 8.25. The molecule has 168 valence electrons. The summed E-state index contributed by atoms with van der Waals surface area (Å²) in [6.07, 6.45) is 0.442. The highest BCUT2D eigenvalue weighted by molar-refractivity contribution is 7.99. The molecule has 0 spiro atoms. The molecule has 1 fully saturated rings. The highest BCUT2D eigenvalue weighted by atomic mass is 35.5. The van der Waals surface area contributed by atoms with E-state index in [0.717, 1.165) is 5.56 Å². The Kier molecular flexibility index (Phi) is 6.88. The number of hydrogen-bond donors (Lipinski definition) is 0. The Balaban J connectivity index is 1.55. The van der Waals surface area contributed by atoms with Gasteiger partial charge >= 0.3 is 0 Å². The molecule has 1 aromatic heterocycles. The molecule has 1 aliphatic heterocycles. The molecule has 0 saturated carbocycles. The van der Waals surface area contributed by atoms with Crippen molar-refractivity contribution in [1.29, 1.82) is 0 Å². The van der Waals surface area contributed by atoms with Crippen LogP contribution in [0, 0.1) is 0 Å². The fraction of sp³-hybridized carbons (Fsp3) is 0.318. The molecule has 1 aliphatic rings. The molecule has 0 N–H and O–H groups in total. The molecule has 1 atom stereocenters. The Morgan fingerprint density at radius 3 is 2.62 bits per heavy atom. The highest BCUT2D eigenvalue weighted by Gasteiger charge is 2.35. The monoisotopic (exact) mass is 490 g/mol. The minimum atomic E-state index is -3.13. The van der Waals surface area contributed by atoms with Crippen molar-refractivity contribution in [3.63, 3.8) is 0 Å². The number of aromatic nitrogens is 3. The van der Waals surface area contributed by atoms with Gasteiger partial charge < -0.3 is 9.47 Å². The van der Waals surface area contributed by atoms with E-state index in [2.05, 4.69) is 10.2 Å². The molecule has 2 aromatic carbocycles. The van der Waals surface area contributed by atoms with Gasteiger partial charge in [-0.25, -0.2) is 8.42 Å². The van der Waals surface area contributed by atoms with E-state index in [-0.39, 0.29) is 29.2 Å². The molecule has 1 saturated heterocycles. The van der Waals surface area contributed by atoms with Crippen LogP contribution < -0.4 is 4.90 Å². The number of thioether (sulfide) groups is 1. The topological polar surface area (TPSA) is 85.2 Å². The maximum atomic E-state index is 13.3. The highest BCUT2D eigenvalue weighted by Crippen LogP contribution is 2.28. The van der Waals surface area contributed by atoms with E-state index < -0.39 is 9.84 Å². The summed E-state index contributed by atoms with van der Waals surface area (Å²) >= 11 is 7.42. The number of nitrogens with zero attached hydrogens (tertiary/aromatic N) is 4. The van der Waals surface area contributed by atoms with Gasteiger partial charge in [0.2, 0.25) is 5.91 Å². The first-order chi connectivity index (χ1) is 15.4. The molecule has 4 rings (SSSR count). The molecule has 10 heteroatoms. The smallest absolute Gasteiger partial charge is 0.237 e. The summed E-state index contributed by atoms with van der Waals surface area (Å²) < 4.78 is 26.0. The number of carbonyl (C=O) groups excluding carboxylic acids is 1. The standard InChI is InChI=1S/C22H23ClN4O3S2/c1-2-26-21(16-7-6-8-17(23)13-16)24-25-22(26)31-14-20(28)27(18-9-4-3-5-10-18)19-11-12-32(29,30)15-19/h3-10,13,19H,2,11-12,14-15H2,1H3/t19-/m1/s1. The van der Waals surface area contributed by atoms with Crippen molar-refractivity contribution >= 4 is 44.8 Å². The fourth-order valence-electron chi connectivity index (χ4n) is 3.84. The van der Waals surface area contributed by atoms with Crippen LogP contribution in [0.25, 0.3) is 11.4 Å². The van der Waals surface area contributed by atoms with Crippen molar-refractivity contribution in [3.05, 3.63) is 59.6 Å². The number of sulfone groups is 1. The lowest BCUT2D eigenvalue weighted by atomic mass is 10.2. The second-order valence-corrected chi connectivity index (χ2v) is 11.1. The summed E-state index contributed by atoms with van der Waals surface area (Å²) in [7, 11) is -3.13. The SMILES string of the molecule is CCn1c(SCC(=O)N(c2ccccc2)[C@@H]2CCS(=O)(=O)C2)nnc1-c1cccc(Cl)c1. The Hall–Kier alpha value is -2.36. The largest absolute Gasteiger partial charge is 0.308 e. The Bertz CT molecular complexity index is 1210. The van der Waals surface area contributed by atoms with E-state index in [0.29, 0.717) is 34.7 Å². The zero-order valence-corrected chi connectivity index (χ0v) is 19.9. The van der Waals surface area contributed by atoms with Crippen LogP contribution >= 0.6 is 23.4 Å². The van der Waals surface area contributed by atoms with Crippen LogP contribution in [0.5, 0.6) is 0 Å². The van der Waals surface area contributed by atoms with E-state index in [9.17, 15) is 13.2 Å². The Morgan fingerprint density at radius 2 is 1.97 bits per heavy atom. The van der Waals surface area contributed by atoms with Crippen molar-refractivity contribution in [3.8, 4) is 11.4 Å². The van der Waals surface area contributed by atoms with Crippen molar-refractivity contribution in [2.75, 3.05) is 22.2 Å². The average Bonchev–Trinajstić information content (AvgIpc) is 3.35. The van der Waals surface area contributed by atoms with Crippen LogP contribution in [-0.2, 0) is 21.2 Å². The molecule has 7 nitrogen and oxygen atoms in total. The number of benzene rings is 2. The van der Waals surface area contributed by atoms with Crippen LogP contribution in [0.4, 0.5) is 5.69 Å². The van der Waals surface area contributed by atoms with E-state index >= 15 is 0 Å². The summed E-state index contributed by atoms with van der Waals surface area (Å²) in [5.74, 6) is 0.751. The molecule has 0 unspecified atom stereocenters. The number of hydrogen-bond acceptors (Lipinski definition) is 6. The average molecular weight is 491 g/mol. The van der Waals surface area contributed by atoms with Gasteiger partial charge in [0.05, 0.1) is 23.3 Å². The van der Waals surface area contributed by atoms with Crippen molar-refractivity contribution < 1.29 is 13.2 Å². The minimum absolute atomic E-state index is 0.0115. The van der Waals surface area contributed by atoms with Gasteiger partial charge in [0.15, 0.2) is 20.8 Å². The van der Waals surface area contributed by atoms with Crippen molar-refractivity contribution in [1.82, 2.24) is 14.8 Å². The maximum absolute atomic E-state index is 13.3. The van der Waals surface area contributed by atoms with Crippen LogP contribution in [0.3, 0.4) is 0 Å². The Morgan fingerprint density at radius 1 is 1.19 bits per heavy atom.